The maximum Gasteiger partial charge on any atom is 0.223 e. The third-order valence-corrected chi connectivity index (χ3v) is 5.54. The average Bonchev–Trinajstić information content (AvgIpc) is 2.99. The Morgan fingerprint density at radius 1 is 0.708 bits per heavy atom. The molecule has 2 aromatic heterocycles. The van der Waals surface area contributed by atoms with E-state index in [1.165, 1.54) is 20.2 Å². The summed E-state index contributed by atoms with van der Waals surface area (Å²) in [4.78, 5) is 8.92. The van der Waals surface area contributed by atoms with E-state index in [4.69, 9.17) is 11.6 Å². The van der Waals surface area contributed by atoms with Gasteiger partial charge in [0.05, 0.1) is 11.2 Å². The first-order valence-corrected chi connectivity index (χ1v) is 8.83. The van der Waals surface area contributed by atoms with Crippen LogP contribution in [0.5, 0.6) is 0 Å². The monoisotopic (exact) mass is 346 g/mol. The molecule has 0 spiro atoms. The maximum absolute atomic E-state index is 6.20. The molecule has 5 aromatic rings. The number of halogens is 1. The van der Waals surface area contributed by atoms with Crippen molar-refractivity contribution in [2.24, 2.45) is 0 Å². The Kier molecular flexibility index (Phi) is 3.05. The molecule has 0 aliphatic carbocycles. The zero-order valence-electron chi connectivity index (χ0n) is 12.5. The molecular weight excluding hydrogens is 336 g/mol. The van der Waals surface area contributed by atoms with Crippen LogP contribution in [0.3, 0.4) is 0 Å². The Labute approximate surface area is 147 Å². The van der Waals surface area contributed by atoms with E-state index in [0.29, 0.717) is 0 Å². The molecule has 4 heteroatoms. The minimum Gasteiger partial charge on any atom is -0.218 e. The van der Waals surface area contributed by atoms with Crippen LogP contribution < -0.4 is 0 Å². The van der Waals surface area contributed by atoms with Crippen molar-refractivity contribution in [3.05, 3.63) is 72.0 Å². The second kappa shape index (κ2) is 5.26. The lowest BCUT2D eigenvalue weighted by molar-refractivity contribution is 1.23. The van der Waals surface area contributed by atoms with E-state index in [9.17, 15) is 0 Å². The molecule has 0 N–H and O–H groups in total. The maximum atomic E-state index is 6.20. The number of hydrogen-bond donors (Lipinski definition) is 0. The van der Waals surface area contributed by atoms with Crippen molar-refractivity contribution in [3.8, 4) is 11.3 Å². The molecule has 0 amide bonds. The number of nitrogens with zero attached hydrogens (tertiary/aromatic N) is 2. The topological polar surface area (TPSA) is 25.8 Å². The Morgan fingerprint density at radius 3 is 2.38 bits per heavy atom. The Bertz CT molecular complexity index is 1230. The Morgan fingerprint density at radius 2 is 1.46 bits per heavy atom. The number of aromatic nitrogens is 2. The zero-order chi connectivity index (χ0) is 16.1. The number of thiophene rings is 1. The molecule has 0 aliphatic heterocycles. The molecule has 0 atom stereocenters. The molecule has 0 unspecified atom stereocenters. The zero-order valence-corrected chi connectivity index (χ0v) is 14.1. The van der Waals surface area contributed by atoms with Crippen LogP contribution >= 0.6 is 22.9 Å². The van der Waals surface area contributed by atoms with Crippen LogP contribution in [0.4, 0.5) is 0 Å². The lowest BCUT2D eigenvalue weighted by Crippen LogP contribution is -1.91. The molecule has 114 valence electrons. The predicted molar refractivity (Wildman–Crippen MR) is 103 cm³/mol. The van der Waals surface area contributed by atoms with Crippen LogP contribution in [0, 0.1) is 0 Å². The largest absolute Gasteiger partial charge is 0.223 e. The summed E-state index contributed by atoms with van der Waals surface area (Å²) in [5, 5.41) is 3.79. The van der Waals surface area contributed by atoms with Gasteiger partial charge in [0.25, 0.3) is 0 Å². The van der Waals surface area contributed by atoms with Crippen molar-refractivity contribution in [3.63, 3.8) is 0 Å². The van der Waals surface area contributed by atoms with Gasteiger partial charge in [-0.3, -0.25) is 0 Å². The Balaban J connectivity index is 1.97. The fraction of sp³-hybridized carbons (Fsp3) is 0. The van der Waals surface area contributed by atoms with E-state index in [1.54, 1.807) is 11.3 Å². The van der Waals surface area contributed by atoms with Crippen LogP contribution in [-0.4, -0.2) is 9.97 Å². The molecular formula is C20H11ClN2S. The highest BCUT2D eigenvalue weighted by atomic mass is 35.5. The fourth-order valence-electron chi connectivity index (χ4n) is 3.23. The first kappa shape index (κ1) is 13.9. The average molecular weight is 347 g/mol. The van der Waals surface area contributed by atoms with Crippen molar-refractivity contribution >= 4 is 54.0 Å². The van der Waals surface area contributed by atoms with E-state index in [0.717, 1.165) is 22.2 Å². The smallest absolute Gasteiger partial charge is 0.218 e. The number of benzene rings is 3. The van der Waals surface area contributed by atoms with E-state index in [2.05, 4.69) is 52.4 Å². The van der Waals surface area contributed by atoms with Crippen molar-refractivity contribution in [2.75, 3.05) is 0 Å². The fourth-order valence-corrected chi connectivity index (χ4v) is 4.53. The highest BCUT2D eigenvalue weighted by Gasteiger charge is 2.14. The molecule has 2 nitrogen and oxygen atoms in total. The number of fused-ring (bicyclic) bond motifs is 4. The highest BCUT2D eigenvalue weighted by Crippen LogP contribution is 2.40. The normalized spacial score (nSPS) is 11.5. The molecule has 0 aliphatic rings. The van der Waals surface area contributed by atoms with Gasteiger partial charge in [0.15, 0.2) is 0 Å². The quantitative estimate of drug-likeness (QED) is 0.332. The van der Waals surface area contributed by atoms with Crippen molar-refractivity contribution in [1.82, 2.24) is 9.97 Å². The minimum absolute atomic E-state index is 0.278. The molecule has 0 radical (unpaired) electrons. The third kappa shape index (κ3) is 2.02. The van der Waals surface area contributed by atoms with Gasteiger partial charge in [-0.05, 0) is 29.8 Å². The van der Waals surface area contributed by atoms with Crippen molar-refractivity contribution < 1.29 is 0 Å². The van der Waals surface area contributed by atoms with Crippen LogP contribution in [0.25, 0.3) is 42.3 Å². The summed E-state index contributed by atoms with van der Waals surface area (Å²) < 4.78 is 2.54. The minimum atomic E-state index is 0.278. The van der Waals surface area contributed by atoms with Gasteiger partial charge in [0, 0.05) is 31.1 Å². The molecule has 0 saturated heterocycles. The van der Waals surface area contributed by atoms with Gasteiger partial charge >= 0.3 is 0 Å². The number of rotatable bonds is 1. The lowest BCUT2D eigenvalue weighted by Gasteiger charge is -2.08. The molecule has 0 bridgehead atoms. The van der Waals surface area contributed by atoms with Gasteiger partial charge in [0.2, 0.25) is 5.28 Å². The first-order valence-electron chi connectivity index (χ1n) is 7.64. The summed E-state index contributed by atoms with van der Waals surface area (Å²) in [6, 6.07) is 22.8. The van der Waals surface area contributed by atoms with Crippen LogP contribution in [0.1, 0.15) is 0 Å². The third-order valence-electron chi connectivity index (χ3n) is 4.23. The van der Waals surface area contributed by atoms with Crippen LogP contribution in [0.15, 0.2) is 66.7 Å². The predicted octanol–water partition coefficient (Wildman–Crippen LogP) is 6.32. The molecule has 0 fully saturated rings. The summed E-state index contributed by atoms with van der Waals surface area (Å²) in [6.07, 6.45) is 0. The van der Waals surface area contributed by atoms with Gasteiger partial charge < -0.3 is 0 Å². The van der Waals surface area contributed by atoms with E-state index in [-0.39, 0.29) is 5.28 Å². The van der Waals surface area contributed by atoms with Crippen LogP contribution in [-0.2, 0) is 0 Å². The summed E-state index contributed by atoms with van der Waals surface area (Å²) in [7, 11) is 0. The molecule has 2 heterocycles. The van der Waals surface area contributed by atoms with Gasteiger partial charge in [-0.25, -0.2) is 9.97 Å². The standard InChI is InChI=1S/C20H11ClN2S/c21-20-22-15-9-3-1-6-12(15)19(23-20)14-8-5-11-17-18(14)13-7-2-4-10-16(13)24-17/h1-11H. The summed E-state index contributed by atoms with van der Waals surface area (Å²) in [6.45, 7) is 0. The summed E-state index contributed by atoms with van der Waals surface area (Å²) in [5.74, 6) is 0. The van der Waals surface area contributed by atoms with E-state index in [1.807, 2.05) is 24.3 Å². The SMILES string of the molecule is Clc1nc(-c2cccc3sc4ccccc4c23)c2ccccc2n1. The first-order chi connectivity index (χ1) is 11.8. The van der Waals surface area contributed by atoms with Crippen LogP contribution in [0.2, 0.25) is 5.28 Å². The van der Waals surface area contributed by atoms with E-state index < -0.39 is 0 Å². The van der Waals surface area contributed by atoms with Gasteiger partial charge in [-0.2, -0.15) is 0 Å². The number of para-hydroxylation sites is 1. The molecule has 3 aromatic carbocycles. The summed E-state index contributed by atoms with van der Waals surface area (Å²) in [5.41, 5.74) is 2.86. The summed E-state index contributed by atoms with van der Waals surface area (Å²) >= 11 is 8.00. The van der Waals surface area contributed by atoms with Crippen molar-refractivity contribution in [1.29, 1.82) is 0 Å². The molecule has 24 heavy (non-hydrogen) atoms. The second-order valence-electron chi connectivity index (χ2n) is 5.64. The number of hydrogen-bond acceptors (Lipinski definition) is 3. The van der Waals surface area contributed by atoms with E-state index >= 15 is 0 Å². The van der Waals surface area contributed by atoms with Crippen molar-refractivity contribution in [2.45, 2.75) is 0 Å². The van der Waals surface area contributed by atoms with Gasteiger partial charge in [0.1, 0.15) is 0 Å². The second-order valence-corrected chi connectivity index (χ2v) is 7.06. The highest BCUT2D eigenvalue weighted by molar-refractivity contribution is 7.25. The van der Waals surface area contributed by atoms with Gasteiger partial charge in [-0.15, -0.1) is 11.3 Å². The molecule has 0 saturated carbocycles. The van der Waals surface area contributed by atoms with Gasteiger partial charge in [-0.1, -0.05) is 48.5 Å². The lowest BCUT2D eigenvalue weighted by atomic mass is 10.0. The Hall–Kier alpha value is -2.49. The molecule has 5 rings (SSSR count).